The van der Waals surface area contributed by atoms with Crippen LogP contribution >= 0.6 is 0 Å². The van der Waals surface area contributed by atoms with Crippen LogP contribution in [0, 0.1) is 23.7 Å². The molecule has 0 N–H and O–H groups in total. The van der Waals surface area contributed by atoms with Crippen LogP contribution in [-0.2, 0) is 19.1 Å². The number of benzene rings is 1. The minimum absolute atomic E-state index is 0.104. The van der Waals surface area contributed by atoms with Crippen LogP contribution in [0.2, 0.25) is 0 Å². The van der Waals surface area contributed by atoms with E-state index in [1.54, 1.807) is 30.3 Å². The summed E-state index contributed by atoms with van der Waals surface area (Å²) in [7, 11) is 0. The van der Waals surface area contributed by atoms with Crippen molar-refractivity contribution >= 4 is 23.6 Å². The molecular weight excluding hydrogens is 322 g/mol. The molecule has 25 heavy (non-hydrogen) atoms. The van der Waals surface area contributed by atoms with Gasteiger partial charge in [0.15, 0.2) is 12.4 Å². The summed E-state index contributed by atoms with van der Waals surface area (Å²) in [6, 6.07) is 8.49. The molecule has 3 aliphatic rings. The van der Waals surface area contributed by atoms with Crippen LogP contribution < -0.4 is 0 Å². The predicted molar refractivity (Wildman–Crippen MR) is 86.2 cm³/mol. The van der Waals surface area contributed by atoms with Gasteiger partial charge < -0.3 is 4.74 Å². The molecule has 4 rings (SSSR count). The molecule has 1 saturated heterocycles. The Morgan fingerprint density at radius 1 is 1.00 bits per heavy atom. The monoisotopic (exact) mass is 339 g/mol. The summed E-state index contributed by atoms with van der Waals surface area (Å²) in [4.78, 5) is 49.9. The van der Waals surface area contributed by atoms with E-state index >= 15 is 0 Å². The van der Waals surface area contributed by atoms with E-state index in [1.165, 1.54) is 0 Å². The smallest absolute Gasteiger partial charge is 0.326 e. The van der Waals surface area contributed by atoms with Crippen molar-refractivity contribution in [2.24, 2.45) is 23.7 Å². The minimum atomic E-state index is -0.744. The van der Waals surface area contributed by atoms with E-state index in [-0.39, 0.29) is 41.3 Å². The van der Waals surface area contributed by atoms with Gasteiger partial charge in [-0.2, -0.15) is 0 Å². The number of amides is 2. The number of carbonyl (C=O) groups excluding carboxylic acids is 4. The summed E-state index contributed by atoms with van der Waals surface area (Å²) in [5.74, 6) is -2.11. The first-order valence-corrected chi connectivity index (χ1v) is 8.33. The molecule has 0 aromatic heterocycles. The molecule has 6 nitrogen and oxygen atoms in total. The Labute approximate surface area is 144 Å². The number of rotatable bonds is 5. The number of allylic oxidation sites excluding steroid dienone is 2. The highest BCUT2D eigenvalue weighted by molar-refractivity contribution is 6.08. The third kappa shape index (κ3) is 2.58. The molecular formula is C19H17NO5. The average molecular weight is 339 g/mol. The Balaban J connectivity index is 1.35. The fourth-order valence-corrected chi connectivity index (χ4v) is 4.15. The molecule has 0 radical (unpaired) electrons. The molecule has 2 aliphatic carbocycles. The average Bonchev–Trinajstić information content (AvgIpc) is 3.30. The molecule has 1 aliphatic heterocycles. The van der Waals surface area contributed by atoms with Crippen molar-refractivity contribution in [1.82, 2.24) is 4.90 Å². The van der Waals surface area contributed by atoms with E-state index in [4.69, 9.17) is 4.74 Å². The van der Waals surface area contributed by atoms with Gasteiger partial charge >= 0.3 is 5.97 Å². The van der Waals surface area contributed by atoms with Crippen molar-refractivity contribution in [2.75, 3.05) is 13.2 Å². The Bertz CT molecular complexity index is 754. The number of hydrogen-bond acceptors (Lipinski definition) is 5. The standard InChI is InChI=1S/C19H17NO5/c21-14(11-4-2-1-3-5-11)10-25-15(22)9-20-18(23)16-12-6-7-13(8-12)17(16)19(20)24/h1-7,12-13,16-17H,8-10H2/t12-,13-,16-,17+/m0/s1. The molecule has 1 aromatic rings. The highest BCUT2D eigenvalue weighted by atomic mass is 16.5. The second-order valence-electron chi connectivity index (χ2n) is 6.71. The number of likely N-dealkylation sites (tertiary alicyclic amines) is 1. The molecule has 1 heterocycles. The van der Waals surface area contributed by atoms with Crippen molar-refractivity contribution in [3.63, 3.8) is 0 Å². The summed E-state index contributed by atoms with van der Waals surface area (Å²) >= 11 is 0. The molecule has 2 fully saturated rings. The van der Waals surface area contributed by atoms with Crippen molar-refractivity contribution < 1.29 is 23.9 Å². The number of nitrogens with zero attached hydrogens (tertiary/aromatic N) is 1. The van der Waals surface area contributed by atoms with Crippen LogP contribution in [-0.4, -0.2) is 41.6 Å². The number of esters is 1. The molecule has 4 atom stereocenters. The number of imide groups is 1. The van der Waals surface area contributed by atoms with Gasteiger partial charge in [-0.15, -0.1) is 0 Å². The van der Waals surface area contributed by atoms with Gasteiger partial charge in [-0.3, -0.25) is 24.1 Å². The first-order valence-electron chi connectivity index (χ1n) is 8.33. The van der Waals surface area contributed by atoms with E-state index in [9.17, 15) is 19.2 Å². The fraction of sp³-hybridized carbons (Fsp3) is 0.368. The number of hydrogen-bond donors (Lipinski definition) is 0. The normalized spacial score (nSPS) is 29.2. The molecule has 0 spiro atoms. The highest BCUT2D eigenvalue weighted by Crippen LogP contribution is 2.52. The van der Waals surface area contributed by atoms with Gasteiger partial charge in [0.05, 0.1) is 11.8 Å². The zero-order valence-electron chi connectivity index (χ0n) is 13.5. The lowest BCUT2D eigenvalue weighted by Crippen LogP contribution is -2.38. The van der Waals surface area contributed by atoms with E-state index in [2.05, 4.69) is 0 Å². The van der Waals surface area contributed by atoms with Crippen LogP contribution in [0.1, 0.15) is 16.8 Å². The summed E-state index contributed by atoms with van der Waals surface area (Å²) in [6.45, 7) is -0.828. The molecule has 2 amide bonds. The van der Waals surface area contributed by atoms with Gasteiger partial charge in [-0.25, -0.2) is 0 Å². The minimum Gasteiger partial charge on any atom is -0.456 e. The van der Waals surface area contributed by atoms with Crippen LogP contribution in [0.25, 0.3) is 0 Å². The van der Waals surface area contributed by atoms with Crippen molar-refractivity contribution in [1.29, 1.82) is 0 Å². The number of carbonyl (C=O) groups is 4. The summed E-state index contributed by atoms with van der Waals surface area (Å²) in [6.07, 6.45) is 4.84. The molecule has 6 heteroatoms. The summed E-state index contributed by atoms with van der Waals surface area (Å²) < 4.78 is 4.96. The van der Waals surface area contributed by atoms with Gasteiger partial charge in [0.1, 0.15) is 6.54 Å². The van der Waals surface area contributed by atoms with Crippen molar-refractivity contribution in [3.8, 4) is 0 Å². The Kier molecular flexibility index (Phi) is 3.75. The number of ether oxygens (including phenoxy) is 1. The molecule has 0 unspecified atom stereocenters. The molecule has 1 aromatic carbocycles. The van der Waals surface area contributed by atoms with Crippen molar-refractivity contribution in [3.05, 3.63) is 48.0 Å². The van der Waals surface area contributed by atoms with Crippen molar-refractivity contribution in [2.45, 2.75) is 6.42 Å². The van der Waals surface area contributed by atoms with Crippen LogP contribution in [0.5, 0.6) is 0 Å². The third-order valence-corrected chi connectivity index (χ3v) is 5.31. The molecule has 2 bridgehead atoms. The number of Topliss-reactive ketones (excluding diaryl/α,β-unsaturated/α-hetero) is 1. The van der Waals surface area contributed by atoms with Gasteiger partial charge in [-0.1, -0.05) is 42.5 Å². The first kappa shape index (κ1) is 15.7. The maximum Gasteiger partial charge on any atom is 0.326 e. The highest BCUT2D eigenvalue weighted by Gasteiger charge is 2.59. The van der Waals surface area contributed by atoms with Gasteiger partial charge in [0.2, 0.25) is 11.8 Å². The molecule has 128 valence electrons. The lowest BCUT2D eigenvalue weighted by atomic mass is 9.85. The second-order valence-corrected chi connectivity index (χ2v) is 6.71. The number of ketones is 1. The lowest BCUT2D eigenvalue weighted by molar-refractivity contribution is -0.152. The maximum atomic E-state index is 12.5. The van der Waals surface area contributed by atoms with Gasteiger partial charge in [0.25, 0.3) is 0 Å². The van der Waals surface area contributed by atoms with Gasteiger partial charge in [0, 0.05) is 5.56 Å². The quantitative estimate of drug-likeness (QED) is 0.349. The Morgan fingerprint density at radius 3 is 2.20 bits per heavy atom. The second kappa shape index (κ2) is 5.95. The van der Waals surface area contributed by atoms with Crippen LogP contribution in [0.15, 0.2) is 42.5 Å². The van der Waals surface area contributed by atoms with Gasteiger partial charge in [-0.05, 0) is 18.3 Å². The third-order valence-electron chi connectivity index (χ3n) is 5.31. The lowest BCUT2D eigenvalue weighted by Gasteiger charge is -2.16. The van der Waals surface area contributed by atoms with Crippen LogP contribution in [0.3, 0.4) is 0 Å². The van der Waals surface area contributed by atoms with E-state index < -0.39 is 19.1 Å². The fourth-order valence-electron chi connectivity index (χ4n) is 4.15. The van der Waals surface area contributed by atoms with E-state index in [0.717, 1.165) is 11.3 Å². The topological polar surface area (TPSA) is 80.8 Å². The largest absolute Gasteiger partial charge is 0.456 e. The Morgan fingerprint density at radius 2 is 1.60 bits per heavy atom. The number of fused-ring (bicyclic) bond motifs is 5. The van der Waals surface area contributed by atoms with E-state index in [1.807, 2.05) is 12.2 Å². The predicted octanol–water partition coefficient (Wildman–Crippen LogP) is 1.22. The van der Waals surface area contributed by atoms with E-state index in [0.29, 0.717) is 5.56 Å². The summed E-state index contributed by atoms with van der Waals surface area (Å²) in [5, 5.41) is 0. The SMILES string of the molecule is O=C(CN1C(=O)[C@@H]2[C@H](C1=O)[C@H]1C=C[C@H]2C1)OCC(=O)c1ccccc1. The Hall–Kier alpha value is -2.76. The van der Waals surface area contributed by atoms with Crippen LogP contribution in [0.4, 0.5) is 0 Å². The zero-order valence-corrected chi connectivity index (χ0v) is 13.5. The summed E-state index contributed by atoms with van der Waals surface area (Å²) in [5.41, 5.74) is 0.445. The zero-order chi connectivity index (χ0) is 17.6. The first-order chi connectivity index (χ1) is 12.1. The maximum absolute atomic E-state index is 12.5. The molecule has 1 saturated carbocycles.